The normalized spacial score (nSPS) is 13.3. The number of amides is 2. The van der Waals surface area contributed by atoms with Crippen molar-refractivity contribution in [1.29, 1.82) is 0 Å². The summed E-state index contributed by atoms with van der Waals surface area (Å²) in [5.74, 6) is 1.20. The number of hydrogen-bond acceptors (Lipinski definition) is 5. The van der Waals surface area contributed by atoms with Crippen LogP contribution < -0.4 is 20.2 Å². The van der Waals surface area contributed by atoms with Crippen molar-refractivity contribution in [3.05, 3.63) is 65.2 Å². The van der Waals surface area contributed by atoms with Crippen molar-refractivity contribution in [1.82, 2.24) is 15.8 Å². The van der Waals surface area contributed by atoms with Gasteiger partial charge in [-0.25, -0.2) is 0 Å². The van der Waals surface area contributed by atoms with Gasteiger partial charge in [-0.15, -0.1) is 0 Å². The first-order valence-electron chi connectivity index (χ1n) is 10.3. The second-order valence-corrected chi connectivity index (χ2v) is 7.38. The second kappa shape index (κ2) is 10.5. The van der Waals surface area contributed by atoms with Crippen LogP contribution in [0.2, 0.25) is 0 Å². The fourth-order valence-corrected chi connectivity index (χ4v) is 3.33. The van der Waals surface area contributed by atoms with Crippen LogP contribution in [0.3, 0.4) is 0 Å². The molecule has 0 saturated heterocycles. The number of aryl methyl sites for hydroxylation is 1. The molecule has 7 nitrogen and oxygen atoms in total. The molecule has 1 aliphatic heterocycles. The highest BCUT2D eigenvalue weighted by Crippen LogP contribution is 2.27. The number of ether oxygens (including phenoxy) is 2. The maximum absolute atomic E-state index is 12.3. The highest BCUT2D eigenvalue weighted by Gasteiger charge is 2.20. The van der Waals surface area contributed by atoms with Gasteiger partial charge in [0.05, 0.1) is 26.5 Å². The fourth-order valence-electron chi connectivity index (χ4n) is 3.33. The largest absolute Gasteiger partial charge is 0.493 e. The third-order valence-electron chi connectivity index (χ3n) is 5.15. The Kier molecular flexibility index (Phi) is 7.54. The Hall–Kier alpha value is -3.48. The Morgan fingerprint density at radius 1 is 1.10 bits per heavy atom. The van der Waals surface area contributed by atoms with Crippen LogP contribution in [0.4, 0.5) is 0 Å². The van der Waals surface area contributed by atoms with E-state index in [-0.39, 0.29) is 18.2 Å². The minimum Gasteiger partial charge on any atom is -0.493 e. The van der Waals surface area contributed by atoms with E-state index in [1.165, 1.54) is 10.6 Å². The van der Waals surface area contributed by atoms with Crippen LogP contribution in [0.1, 0.15) is 29.5 Å². The first-order valence-corrected chi connectivity index (χ1v) is 10.3. The van der Waals surface area contributed by atoms with E-state index in [4.69, 9.17) is 9.47 Å². The zero-order valence-corrected chi connectivity index (χ0v) is 18.2. The van der Waals surface area contributed by atoms with Crippen LogP contribution in [-0.4, -0.2) is 44.1 Å². The monoisotopic (exact) mass is 423 g/mol. The van der Waals surface area contributed by atoms with Gasteiger partial charge in [0.1, 0.15) is 0 Å². The Labute approximate surface area is 183 Å². The lowest BCUT2D eigenvalue weighted by molar-refractivity contribution is -0.133. The number of rotatable bonds is 9. The quantitative estimate of drug-likeness (QED) is 0.648. The van der Waals surface area contributed by atoms with Crippen molar-refractivity contribution in [2.75, 3.05) is 27.3 Å². The maximum Gasteiger partial charge on any atom is 0.244 e. The van der Waals surface area contributed by atoms with Gasteiger partial charge in [-0.3, -0.25) is 20.0 Å². The van der Waals surface area contributed by atoms with E-state index in [0.717, 1.165) is 16.8 Å². The van der Waals surface area contributed by atoms with Gasteiger partial charge in [0.15, 0.2) is 11.5 Å². The molecular formula is C24H29N3O4. The molecule has 0 unspecified atom stereocenters. The molecule has 1 aliphatic rings. The third kappa shape index (κ3) is 6.01. The van der Waals surface area contributed by atoms with E-state index in [1.807, 2.05) is 55.5 Å². The van der Waals surface area contributed by atoms with Gasteiger partial charge in [-0.05, 0) is 42.7 Å². The van der Waals surface area contributed by atoms with E-state index < -0.39 is 0 Å². The molecule has 3 rings (SSSR count). The summed E-state index contributed by atoms with van der Waals surface area (Å²) in [6, 6.07) is 13.8. The van der Waals surface area contributed by atoms with Crippen molar-refractivity contribution in [2.45, 2.75) is 26.2 Å². The molecule has 31 heavy (non-hydrogen) atoms. The molecule has 2 amide bonds. The molecule has 0 bridgehead atoms. The molecule has 2 N–H and O–H groups in total. The highest BCUT2D eigenvalue weighted by atomic mass is 16.5. The summed E-state index contributed by atoms with van der Waals surface area (Å²) in [6.07, 6.45) is 3.10. The standard InChI is InChI=1S/C24H29N3O4/c1-17-4-7-19(8-5-17)20-9-11-24(29)27(26-20)15-13-23(28)25-14-12-18-6-10-21(30-2)22(16-18)31-3/h4-10,16,26H,11-15H2,1-3H3,(H,25,28). The van der Waals surface area contributed by atoms with Crippen LogP contribution in [0.25, 0.3) is 5.70 Å². The molecule has 0 atom stereocenters. The van der Waals surface area contributed by atoms with Gasteiger partial charge in [0.25, 0.3) is 0 Å². The maximum atomic E-state index is 12.3. The summed E-state index contributed by atoms with van der Waals surface area (Å²) in [4.78, 5) is 24.5. The summed E-state index contributed by atoms with van der Waals surface area (Å²) in [5.41, 5.74) is 7.26. The number of hydrogen-bond donors (Lipinski definition) is 2. The Bertz CT molecular complexity index is 954. The van der Waals surface area contributed by atoms with Crippen LogP contribution in [0.15, 0.2) is 48.5 Å². The van der Waals surface area contributed by atoms with E-state index >= 15 is 0 Å². The first kappa shape index (κ1) is 22.2. The number of hydrazine groups is 1. The van der Waals surface area contributed by atoms with E-state index in [9.17, 15) is 9.59 Å². The Morgan fingerprint density at radius 2 is 1.84 bits per heavy atom. The van der Waals surface area contributed by atoms with Gasteiger partial charge in [0, 0.05) is 19.4 Å². The molecule has 2 aromatic rings. The van der Waals surface area contributed by atoms with E-state index in [1.54, 1.807) is 14.2 Å². The van der Waals surface area contributed by atoms with Crippen LogP contribution >= 0.6 is 0 Å². The van der Waals surface area contributed by atoms with Crippen LogP contribution in [-0.2, 0) is 16.0 Å². The lowest BCUT2D eigenvalue weighted by Gasteiger charge is -2.29. The number of nitrogens with zero attached hydrogens (tertiary/aromatic N) is 1. The molecule has 0 aliphatic carbocycles. The molecule has 7 heteroatoms. The summed E-state index contributed by atoms with van der Waals surface area (Å²) in [6.45, 7) is 2.85. The van der Waals surface area contributed by atoms with Gasteiger partial charge in [-0.2, -0.15) is 0 Å². The first-order chi connectivity index (χ1) is 15.0. The van der Waals surface area contributed by atoms with Crippen molar-refractivity contribution < 1.29 is 19.1 Å². The average molecular weight is 424 g/mol. The molecule has 164 valence electrons. The molecule has 1 heterocycles. The van der Waals surface area contributed by atoms with E-state index in [0.29, 0.717) is 37.4 Å². The number of methoxy groups -OCH3 is 2. The lowest BCUT2D eigenvalue weighted by Crippen LogP contribution is -2.46. The fraction of sp³-hybridized carbons (Fsp3) is 0.333. The summed E-state index contributed by atoms with van der Waals surface area (Å²) in [5, 5.41) is 4.43. The zero-order valence-electron chi connectivity index (χ0n) is 18.2. The van der Waals surface area contributed by atoms with Gasteiger partial charge < -0.3 is 14.8 Å². The third-order valence-corrected chi connectivity index (χ3v) is 5.15. The minimum absolute atomic E-state index is 0.0472. The summed E-state index contributed by atoms with van der Waals surface area (Å²) >= 11 is 0. The van der Waals surface area contributed by atoms with Crippen molar-refractivity contribution in [3.63, 3.8) is 0 Å². The molecule has 2 aromatic carbocycles. The molecule has 0 spiro atoms. The molecular weight excluding hydrogens is 394 g/mol. The number of carbonyl (C=O) groups is 2. The number of benzene rings is 2. The molecule has 0 fully saturated rings. The smallest absolute Gasteiger partial charge is 0.244 e. The van der Waals surface area contributed by atoms with Crippen molar-refractivity contribution in [3.8, 4) is 11.5 Å². The predicted molar refractivity (Wildman–Crippen MR) is 119 cm³/mol. The molecule has 0 radical (unpaired) electrons. The predicted octanol–water partition coefficient (Wildman–Crippen LogP) is 2.84. The highest BCUT2D eigenvalue weighted by molar-refractivity contribution is 5.84. The zero-order chi connectivity index (χ0) is 22.2. The average Bonchev–Trinajstić information content (AvgIpc) is 2.79. The molecule has 0 saturated carbocycles. The van der Waals surface area contributed by atoms with Gasteiger partial charge in [-0.1, -0.05) is 35.9 Å². The molecule has 0 aromatic heterocycles. The SMILES string of the molecule is COc1ccc(CCNC(=O)CCN2NC(c3ccc(C)cc3)=CCC2=O)cc1OC. The Balaban J connectivity index is 1.45. The second-order valence-electron chi connectivity index (χ2n) is 7.38. The van der Waals surface area contributed by atoms with E-state index in [2.05, 4.69) is 10.7 Å². The van der Waals surface area contributed by atoms with Crippen LogP contribution in [0.5, 0.6) is 11.5 Å². The minimum atomic E-state index is -0.0958. The van der Waals surface area contributed by atoms with Gasteiger partial charge >= 0.3 is 0 Å². The Morgan fingerprint density at radius 3 is 2.55 bits per heavy atom. The van der Waals surface area contributed by atoms with Gasteiger partial charge in [0.2, 0.25) is 11.8 Å². The summed E-state index contributed by atoms with van der Waals surface area (Å²) < 4.78 is 10.5. The van der Waals surface area contributed by atoms with Crippen molar-refractivity contribution in [2.24, 2.45) is 0 Å². The number of carbonyl (C=O) groups excluding carboxylic acids is 2. The number of nitrogens with one attached hydrogen (secondary N) is 2. The lowest BCUT2D eigenvalue weighted by atomic mass is 10.1. The van der Waals surface area contributed by atoms with Crippen molar-refractivity contribution >= 4 is 17.5 Å². The topological polar surface area (TPSA) is 79.9 Å². The summed E-state index contributed by atoms with van der Waals surface area (Å²) in [7, 11) is 3.19. The van der Waals surface area contributed by atoms with Crippen LogP contribution in [0, 0.1) is 6.92 Å².